The fraction of sp³-hybridized carbons (Fsp3) is 0.250. The Balaban J connectivity index is 1.76. The van der Waals surface area contributed by atoms with Crippen LogP contribution in [-0.4, -0.2) is 11.7 Å². The van der Waals surface area contributed by atoms with E-state index < -0.39 is 4.92 Å². The molecule has 0 unspecified atom stereocenters. The lowest BCUT2D eigenvalue weighted by atomic mass is 10.1. The van der Waals surface area contributed by atoms with Gasteiger partial charge in [-0.15, -0.1) is 0 Å². The van der Waals surface area contributed by atoms with Crippen molar-refractivity contribution < 1.29 is 18.8 Å². The van der Waals surface area contributed by atoms with Crippen molar-refractivity contribution in [3.05, 3.63) is 67.4 Å². The summed E-state index contributed by atoms with van der Waals surface area (Å²) in [6.45, 7) is 0.417. The molecular formula is C16H13BrFNO4S. The highest BCUT2D eigenvalue weighted by molar-refractivity contribution is 9.10. The van der Waals surface area contributed by atoms with Crippen LogP contribution < -0.4 is 4.74 Å². The zero-order chi connectivity index (χ0) is 17.1. The molecule has 3 rings (SSSR count). The molecule has 126 valence electrons. The lowest BCUT2D eigenvalue weighted by Gasteiger charge is -2.20. The Bertz CT molecular complexity index is 787. The maximum Gasteiger partial charge on any atom is 0.270 e. The van der Waals surface area contributed by atoms with Gasteiger partial charge in [-0.25, -0.2) is 4.39 Å². The zero-order valence-corrected chi connectivity index (χ0v) is 14.9. The number of fused-ring (bicyclic) bond motifs is 1. The van der Waals surface area contributed by atoms with Gasteiger partial charge in [0.05, 0.1) is 11.5 Å². The highest BCUT2D eigenvalue weighted by atomic mass is 79.9. The number of nitrogens with zero attached hydrogens (tertiary/aromatic N) is 1. The molecule has 0 fully saturated rings. The second-order valence-corrected chi connectivity index (χ2v) is 7.09. The summed E-state index contributed by atoms with van der Waals surface area (Å²) in [5.74, 6) is 1.31. The first-order valence-electron chi connectivity index (χ1n) is 7.07. The fourth-order valence-electron chi connectivity index (χ4n) is 2.40. The number of non-ortho nitro benzene ring substituents is 1. The number of thioether (sulfide) groups is 1. The number of nitro groups is 1. The molecule has 0 saturated heterocycles. The van der Waals surface area contributed by atoms with Crippen LogP contribution in [-0.2, 0) is 22.8 Å². The molecule has 0 aromatic heterocycles. The van der Waals surface area contributed by atoms with Crippen LogP contribution in [0.5, 0.6) is 5.75 Å². The van der Waals surface area contributed by atoms with E-state index in [0.717, 1.165) is 5.56 Å². The van der Waals surface area contributed by atoms with Crippen molar-refractivity contribution in [1.82, 2.24) is 0 Å². The van der Waals surface area contributed by atoms with Gasteiger partial charge in [0.15, 0.2) is 6.79 Å². The van der Waals surface area contributed by atoms with Crippen molar-refractivity contribution in [3.63, 3.8) is 0 Å². The number of benzene rings is 2. The summed E-state index contributed by atoms with van der Waals surface area (Å²) < 4.78 is 25.2. The smallest absolute Gasteiger partial charge is 0.270 e. The van der Waals surface area contributed by atoms with Crippen LogP contribution in [0.3, 0.4) is 0 Å². The number of halogens is 2. The summed E-state index contributed by atoms with van der Waals surface area (Å²) in [7, 11) is 0. The molecule has 0 bridgehead atoms. The van der Waals surface area contributed by atoms with Crippen LogP contribution in [0.15, 0.2) is 34.8 Å². The Morgan fingerprint density at radius 2 is 2.04 bits per heavy atom. The lowest BCUT2D eigenvalue weighted by Crippen LogP contribution is -2.13. The van der Waals surface area contributed by atoms with Gasteiger partial charge in [-0.05, 0) is 17.7 Å². The summed E-state index contributed by atoms with van der Waals surface area (Å²) >= 11 is 4.70. The maximum absolute atomic E-state index is 13.8. The zero-order valence-electron chi connectivity index (χ0n) is 12.5. The normalized spacial score (nSPS) is 13.2. The molecule has 1 aliphatic heterocycles. The first-order chi connectivity index (χ1) is 11.5. The molecule has 1 heterocycles. The third-order valence-electron chi connectivity index (χ3n) is 3.51. The van der Waals surface area contributed by atoms with E-state index in [1.165, 1.54) is 30.0 Å². The summed E-state index contributed by atoms with van der Waals surface area (Å²) in [5, 5.41) is 11.1. The van der Waals surface area contributed by atoms with Crippen LogP contribution in [0, 0.1) is 15.9 Å². The molecule has 0 spiro atoms. The molecule has 0 saturated carbocycles. The Kier molecular flexibility index (Phi) is 5.37. The summed E-state index contributed by atoms with van der Waals surface area (Å²) in [4.78, 5) is 10.6. The monoisotopic (exact) mass is 413 g/mol. The number of ether oxygens (including phenoxy) is 2. The second kappa shape index (κ2) is 7.50. The summed E-state index contributed by atoms with van der Waals surface area (Å²) in [6.07, 6.45) is 0. The molecular weight excluding hydrogens is 401 g/mol. The number of hydrogen-bond donors (Lipinski definition) is 0. The van der Waals surface area contributed by atoms with Crippen LogP contribution >= 0.6 is 27.7 Å². The van der Waals surface area contributed by atoms with Crippen molar-refractivity contribution in [1.29, 1.82) is 0 Å². The molecule has 5 nitrogen and oxygen atoms in total. The molecule has 24 heavy (non-hydrogen) atoms. The minimum absolute atomic E-state index is 0.00766. The third kappa shape index (κ3) is 3.88. The Labute approximate surface area is 150 Å². The first-order valence-corrected chi connectivity index (χ1v) is 9.02. The second-order valence-electron chi connectivity index (χ2n) is 5.19. The van der Waals surface area contributed by atoms with Crippen molar-refractivity contribution >= 4 is 33.4 Å². The van der Waals surface area contributed by atoms with Crippen molar-refractivity contribution in [2.75, 3.05) is 6.79 Å². The number of rotatable bonds is 5. The van der Waals surface area contributed by atoms with Gasteiger partial charge in [-0.3, -0.25) is 10.1 Å². The van der Waals surface area contributed by atoms with E-state index in [1.807, 2.05) is 0 Å². The maximum atomic E-state index is 13.8. The summed E-state index contributed by atoms with van der Waals surface area (Å²) in [6, 6.07) is 7.91. The van der Waals surface area contributed by atoms with E-state index in [9.17, 15) is 14.5 Å². The van der Waals surface area contributed by atoms with E-state index in [1.54, 1.807) is 12.1 Å². The SMILES string of the molecule is O=[N+]([O-])c1cc2c(c(CSCc3ccc(Br)cc3F)c1)OCOC2. The van der Waals surface area contributed by atoms with Crippen LogP contribution in [0.2, 0.25) is 0 Å². The minimum atomic E-state index is -0.433. The van der Waals surface area contributed by atoms with Gasteiger partial charge >= 0.3 is 0 Å². The van der Waals surface area contributed by atoms with Gasteiger partial charge in [0.25, 0.3) is 5.69 Å². The topological polar surface area (TPSA) is 61.6 Å². The van der Waals surface area contributed by atoms with E-state index >= 15 is 0 Å². The average Bonchev–Trinajstić information content (AvgIpc) is 2.56. The number of hydrogen-bond acceptors (Lipinski definition) is 5. The van der Waals surface area contributed by atoms with Gasteiger partial charge in [0.1, 0.15) is 11.6 Å². The average molecular weight is 414 g/mol. The van der Waals surface area contributed by atoms with Gasteiger partial charge in [0.2, 0.25) is 0 Å². The fourth-order valence-corrected chi connectivity index (χ4v) is 3.73. The molecule has 2 aromatic carbocycles. The molecule has 0 radical (unpaired) electrons. The van der Waals surface area contributed by atoms with E-state index in [2.05, 4.69) is 15.9 Å². The lowest BCUT2D eigenvalue weighted by molar-refractivity contribution is -0.385. The van der Waals surface area contributed by atoms with E-state index in [0.29, 0.717) is 32.9 Å². The van der Waals surface area contributed by atoms with E-state index in [4.69, 9.17) is 9.47 Å². The van der Waals surface area contributed by atoms with Crippen molar-refractivity contribution in [2.24, 2.45) is 0 Å². The number of nitro benzene ring substituents is 1. The molecule has 0 atom stereocenters. The van der Waals surface area contributed by atoms with Crippen LogP contribution in [0.4, 0.5) is 10.1 Å². The molecule has 0 aliphatic carbocycles. The van der Waals surface area contributed by atoms with Crippen LogP contribution in [0.25, 0.3) is 0 Å². The third-order valence-corrected chi connectivity index (χ3v) is 5.04. The summed E-state index contributed by atoms with van der Waals surface area (Å²) in [5.41, 5.74) is 1.99. The van der Waals surface area contributed by atoms with Gasteiger partial charge in [-0.1, -0.05) is 22.0 Å². The molecule has 0 N–H and O–H groups in total. The molecule has 1 aliphatic rings. The molecule has 8 heteroatoms. The Morgan fingerprint density at radius 3 is 2.79 bits per heavy atom. The molecule has 0 amide bonds. The predicted molar refractivity (Wildman–Crippen MR) is 92.5 cm³/mol. The first kappa shape index (κ1) is 17.2. The van der Waals surface area contributed by atoms with Crippen molar-refractivity contribution in [2.45, 2.75) is 18.1 Å². The van der Waals surface area contributed by atoms with E-state index in [-0.39, 0.29) is 24.9 Å². The highest BCUT2D eigenvalue weighted by Gasteiger charge is 2.20. The minimum Gasteiger partial charge on any atom is -0.467 e. The van der Waals surface area contributed by atoms with Crippen LogP contribution in [0.1, 0.15) is 16.7 Å². The molecule has 2 aromatic rings. The van der Waals surface area contributed by atoms with Gasteiger partial charge < -0.3 is 9.47 Å². The van der Waals surface area contributed by atoms with Crippen molar-refractivity contribution in [3.8, 4) is 5.75 Å². The highest BCUT2D eigenvalue weighted by Crippen LogP contribution is 2.35. The largest absolute Gasteiger partial charge is 0.467 e. The van der Waals surface area contributed by atoms with Gasteiger partial charge in [0, 0.05) is 39.2 Å². The van der Waals surface area contributed by atoms with Gasteiger partial charge in [-0.2, -0.15) is 11.8 Å². The quantitative estimate of drug-likeness (QED) is 0.520. The Hall–Kier alpha value is -1.64. The standard InChI is InChI=1S/C16H13BrFNO4S/c17-13-2-1-10(15(18)5-13)7-24-8-12-4-14(19(20)21)3-11-6-22-9-23-16(11)12/h1-5H,6-9H2. The Morgan fingerprint density at radius 1 is 1.25 bits per heavy atom. The predicted octanol–water partition coefficient (Wildman–Crippen LogP) is 4.80.